The van der Waals surface area contributed by atoms with Crippen molar-refractivity contribution in [3.05, 3.63) is 29.1 Å². The number of rotatable bonds is 7. The van der Waals surface area contributed by atoms with Crippen LogP contribution < -0.4 is 24.8 Å². The Hall–Kier alpha value is -2.52. The van der Waals surface area contributed by atoms with Crippen LogP contribution in [0.2, 0.25) is 0 Å². The van der Waals surface area contributed by atoms with Crippen LogP contribution in [-0.2, 0) is 6.54 Å². The average Bonchev–Trinajstić information content (AvgIpc) is 3.13. The number of hydrogen-bond acceptors (Lipinski definition) is 7. The standard InChI is InChI=1S/C19H27N5O4.ClH/c1-12-16(22-23-24(12)14-7-9-20-10-8-14)19(25)21-11-13-5-6-15(26-2)18(28-4)17(13)27-3;/h5-6,14,20H,7-11H2,1-4H3,(H,21,25);1H. The average molecular weight is 426 g/mol. The van der Waals surface area contributed by atoms with E-state index in [2.05, 4.69) is 20.9 Å². The van der Waals surface area contributed by atoms with E-state index in [0.29, 0.717) is 22.9 Å². The Bertz CT molecular complexity index is 836. The molecule has 9 nitrogen and oxygen atoms in total. The molecule has 2 heterocycles. The number of amides is 1. The zero-order valence-electron chi connectivity index (χ0n) is 17.2. The highest BCUT2D eigenvalue weighted by Gasteiger charge is 2.23. The topological polar surface area (TPSA) is 99.5 Å². The molecule has 1 aromatic heterocycles. The van der Waals surface area contributed by atoms with Crippen molar-refractivity contribution in [1.82, 2.24) is 25.6 Å². The zero-order valence-corrected chi connectivity index (χ0v) is 18.0. The van der Waals surface area contributed by atoms with Gasteiger partial charge >= 0.3 is 0 Å². The lowest BCUT2D eigenvalue weighted by atomic mass is 10.1. The summed E-state index contributed by atoms with van der Waals surface area (Å²) in [6.07, 6.45) is 1.96. The number of carbonyl (C=O) groups excluding carboxylic acids is 1. The highest BCUT2D eigenvalue weighted by atomic mass is 35.5. The minimum Gasteiger partial charge on any atom is -0.493 e. The first-order valence-corrected chi connectivity index (χ1v) is 9.29. The number of carbonyl (C=O) groups is 1. The molecule has 3 rings (SSSR count). The van der Waals surface area contributed by atoms with E-state index in [0.717, 1.165) is 37.2 Å². The van der Waals surface area contributed by atoms with Gasteiger partial charge in [-0.2, -0.15) is 0 Å². The first kappa shape index (κ1) is 22.8. The van der Waals surface area contributed by atoms with Gasteiger partial charge in [-0.05, 0) is 45.0 Å². The molecule has 0 unspecified atom stereocenters. The predicted octanol–water partition coefficient (Wildman–Crippen LogP) is 1.89. The van der Waals surface area contributed by atoms with Crippen molar-refractivity contribution in [2.75, 3.05) is 34.4 Å². The van der Waals surface area contributed by atoms with Crippen molar-refractivity contribution in [3.8, 4) is 17.2 Å². The van der Waals surface area contributed by atoms with Crippen LogP contribution in [0.4, 0.5) is 0 Å². The molecule has 0 aliphatic carbocycles. The first-order chi connectivity index (χ1) is 13.6. The van der Waals surface area contributed by atoms with Gasteiger partial charge in [0.25, 0.3) is 5.91 Å². The molecule has 10 heteroatoms. The lowest BCUT2D eigenvalue weighted by Gasteiger charge is -2.23. The summed E-state index contributed by atoms with van der Waals surface area (Å²) in [6.45, 7) is 4.05. The lowest BCUT2D eigenvalue weighted by molar-refractivity contribution is 0.0945. The Kier molecular flexibility index (Phi) is 8.10. The maximum absolute atomic E-state index is 12.7. The summed E-state index contributed by atoms with van der Waals surface area (Å²) < 4.78 is 18.0. The smallest absolute Gasteiger partial charge is 0.274 e. The molecule has 2 aromatic rings. The van der Waals surface area contributed by atoms with E-state index < -0.39 is 0 Å². The first-order valence-electron chi connectivity index (χ1n) is 9.29. The number of nitrogens with zero attached hydrogens (tertiary/aromatic N) is 3. The van der Waals surface area contributed by atoms with E-state index in [-0.39, 0.29) is 30.9 Å². The second kappa shape index (κ2) is 10.3. The number of benzene rings is 1. The van der Waals surface area contributed by atoms with Gasteiger partial charge < -0.3 is 24.8 Å². The van der Waals surface area contributed by atoms with Crippen molar-refractivity contribution in [3.63, 3.8) is 0 Å². The number of aromatic nitrogens is 3. The van der Waals surface area contributed by atoms with Gasteiger partial charge in [-0.3, -0.25) is 4.79 Å². The van der Waals surface area contributed by atoms with E-state index in [1.54, 1.807) is 27.4 Å². The van der Waals surface area contributed by atoms with Crippen molar-refractivity contribution in [2.45, 2.75) is 32.4 Å². The summed E-state index contributed by atoms with van der Waals surface area (Å²) in [5.74, 6) is 1.31. The fourth-order valence-electron chi connectivity index (χ4n) is 3.51. The van der Waals surface area contributed by atoms with Crippen molar-refractivity contribution in [1.29, 1.82) is 0 Å². The van der Waals surface area contributed by atoms with Gasteiger partial charge in [-0.25, -0.2) is 4.68 Å². The molecule has 1 fully saturated rings. The summed E-state index contributed by atoms with van der Waals surface area (Å²) in [6, 6.07) is 3.89. The number of ether oxygens (including phenoxy) is 3. The highest BCUT2D eigenvalue weighted by Crippen LogP contribution is 2.39. The summed E-state index contributed by atoms with van der Waals surface area (Å²) in [7, 11) is 4.66. The van der Waals surface area contributed by atoms with E-state index in [9.17, 15) is 4.79 Å². The van der Waals surface area contributed by atoms with Crippen LogP contribution in [0.3, 0.4) is 0 Å². The molecular weight excluding hydrogens is 398 g/mol. The van der Waals surface area contributed by atoms with Gasteiger partial charge in [0.2, 0.25) is 5.75 Å². The van der Waals surface area contributed by atoms with Gasteiger partial charge in [0.1, 0.15) is 0 Å². The number of halogens is 1. The normalized spacial score (nSPS) is 14.1. The third kappa shape index (κ3) is 4.73. The number of methoxy groups -OCH3 is 3. The number of nitrogens with one attached hydrogen (secondary N) is 2. The maximum Gasteiger partial charge on any atom is 0.274 e. The number of piperidine rings is 1. The summed E-state index contributed by atoms with van der Waals surface area (Å²) >= 11 is 0. The Morgan fingerprint density at radius 2 is 1.86 bits per heavy atom. The molecular formula is C19H28ClN5O4. The monoisotopic (exact) mass is 425 g/mol. The summed E-state index contributed by atoms with van der Waals surface area (Å²) in [5.41, 5.74) is 1.90. The quantitative estimate of drug-likeness (QED) is 0.698. The van der Waals surface area contributed by atoms with Gasteiger partial charge in [0, 0.05) is 12.1 Å². The molecule has 1 saturated heterocycles. The van der Waals surface area contributed by atoms with Gasteiger partial charge in [-0.1, -0.05) is 5.21 Å². The van der Waals surface area contributed by atoms with E-state index in [4.69, 9.17) is 14.2 Å². The Morgan fingerprint density at radius 3 is 2.48 bits per heavy atom. The maximum atomic E-state index is 12.7. The fourth-order valence-corrected chi connectivity index (χ4v) is 3.51. The molecule has 29 heavy (non-hydrogen) atoms. The lowest BCUT2D eigenvalue weighted by Crippen LogP contribution is -2.30. The molecule has 160 valence electrons. The van der Waals surface area contributed by atoms with Crippen LogP contribution in [0.1, 0.15) is 40.6 Å². The minimum absolute atomic E-state index is 0. The third-order valence-corrected chi connectivity index (χ3v) is 5.02. The molecule has 2 N–H and O–H groups in total. The van der Waals surface area contributed by atoms with Crippen LogP contribution >= 0.6 is 12.4 Å². The third-order valence-electron chi connectivity index (χ3n) is 5.02. The van der Waals surface area contributed by atoms with Crippen LogP contribution in [0.15, 0.2) is 12.1 Å². The van der Waals surface area contributed by atoms with Crippen LogP contribution in [0.25, 0.3) is 0 Å². The molecule has 0 atom stereocenters. The van der Waals surface area contributed by atoms with Gasteiger partial charge in [0.05, 0.1) is 33.1 Å². The fraction of sp³-hybridized carbons (Fsp3) is 0.526. The van der Waals surface area contributed by atoms with E-state index in [1.165, 1.54) is 0 Å². The van der Waals surface area contributed by atoms with Crippen LogP contribution in [0, 0.1) is 6.92 Å². The second-order valence-electron chi connectivity index (χ2n) is 6.63. The summed E-state index contributed by atoms with van der Waals surface area (Å²) in [5, 5.41) is 14.5. The molecule has 0 bridgehead atoms. The van der Waals surface area contributed by atoms with Gasteiger partial charge in [-0.15, -0.1) is 17.5 Å². The van der Waals surface area contributed by atoms with Gasteiger partial charge in [0.15, 0.2) is 17.2 Å². The van der Waals surface area contributed by atoms with Crippen LogP contribution in [-0.4, -0.2) is 55.3 Å². The van der Waals surface area contributed by atoms with E-state index in [1.807, 2.05) is 17.7 Å². The summed E-state index contributed by atoms with van der Waals surface area (Å²) in [4.78, 5) is 12.7. The Morgan fingerprint density at radius 1 is 1.17 bits per heavy atom. The molecule has 1 amide bonds. The molecule has 1 aliphatic rings. The van der Waals surface area contributed by atoms with E-state index >= 15 is 0 Å². The molecule has 1 aromatic carbocycles. The van der Waals surface area contributed by atoms with Crippen molar-refractivity contribution in [2.24, 2.45) is 0 Å². The number of hydrogen-bond donors (Lipinski definition) is 2. The minimum atomic E-state index is -0.269. The molecule has 1 aliphatic heterocycles. The zero-order chi connectivity index (χ0) is 20.1. The largest absolute Gasteiger partial charge is 0.493 e. The molecule has 0 radical (unpaired) electrons. The molecule has 0 spiro atoms. The highest BCUT2D eigenvalue weighted by molar-refractivity contribution is 5.93. The molecule has 0 saturated carbocycles. The Balaban J connectivity index is 0.00000300. The van der Waals surface area contributed by atoms with Crippen LogP contribution in [0.5, 0.6) is 17.2 Å². The Labute approximate surface area is 176 Å². The van der Waals surface area contributed by atoms with Crippen molar-refractivity contribution < 1.29 is 19.0 Å². The van der Waals surface area contributed by atoms with Crippen molar-refractivity contribution >= 4 is 18.3 Å². The second-order valence-corrected chi connectivity index (χ2v) is 6.63. The predicted molar refractivity (Wildman–Crippen MR) is 110 cm³/mol. The SMILES string of the molecule is COc1ccc(CNC(=O)c2nnn(C3CCNCC3)c2C)c(OC)c1OC.Cl.